The lowest BCUT2D eigenvalue weighted by Gasteiger charge is -2.36. The van der Waals surface area contributed by atoms with E-state index in [-0.39, 0.29) is 5.91 Å². The van der Waals surface area contributed by atoms with Crippen LogP contribution in [0, 0.1) is 11.3 Å². The van der Waals surface area contributed by atoms with Gasteiger partial charge in [-0.15, -0.1) is 0 Å². The number of fused-ring (bicyclic) bond motifs is 4. The smallest absolute Gasteiger partial charge is 0.240 e. The Balaban J connectivity index is 1.84. The maximum absolute atomic E-state index is 13.3. The highest BCUT2D eigenvalue weighted by Gasteiger charge is 2.52. The molecule has 26 heavy (non-hydrogen) atoms. The summed E-state index contributed by atoms with van der Waals surface area (Å²) >= 11 is 0. The van der Waals surface area contributed by atoms with E-state index in [1.54, 1.807) is 13.2 Å². The van der Waals surface area contributed by atoms with Crippen LogP contribution in [0.2, 0.25) is 0 Å². The van der Waals surface area contributed by atoms with Crippen molar-refractivity contribution in [3.63, 3.8) is 0 Å². The second-order valence-electron chi connectivity index (χ2n) is 7.30. The molecule has 1 aliphatic heterocycles. The van der Waals surface area contributed by atoms with Crippen molar-refractivity contribution in [3.8, 4) is 6.07 Å². The van der Waals surface area contributed by atoms with Gasteiger partial charge in [0.25, 0.3) is 0 Å². The number of carbonyl (C=O) groups excluding carboxylic acids is 1. The summed E-state index contributed by atoms with van der Waals surface area (Å²) in [6.07, 6.45) is 5.48. The molecule has 2 aromatic rings. The summed E-state index contributed by atoms with van der Waals surface area (Å²) in [5, 5.41) is 12.6. The van der Waals surface area contributed by atoms with Gasteiger partial charge in [-0.2, -0.15) is 5.26 Å². The zero-order chi connectivity index (χ0) is 17.9. The molecule has 3 aliphatic rings. The third-order valence-electron chi connectivity index (χ3n) is 5.97. The predicted molar refractivity (Wildman–Crippen MR) is 97.1 cm³/mol. The van der Waals surface area contributed by atoms with Gasteiger partial charge in [-0.25, -0.2) is 0 Å². The molecule has 1 saturated carbocycles. The number of nitriles is 1. The van der Waals surface area contributed by atoms with E-state index in [0.29, 0.717) is 23.7 Å². The number of pyridine rings is 1. The number of benzene rings is 1. The topological polar surface area (TPSA) is 78.1 Å². The Labute approximate surface area is 151 Å². The fourth-order valence-corrected chi connectivity index (χ4v) is 4.56. The summed E-state index contributed by atoms with van der Waals surface area (Å²) in [5.41, 5.74) is 4.86. The molecule has 128 valence electrons. The lowest BCUT2D eigenvalue weighted by atomic mass is 9.70. The molecule has 1 amide bonds. The van der Waals surface area contributed by atoms with Crippen molar-refractivity contribution in [2.45, 2.75) is 37.0 Å². The largest absolute Gasteiger partial charge is 0.309 e. The van der Waals surface area contributed by atoms with Crippen LogP contribution in [-0.2, 0) is 16.6 Å². The van der Waals surface area contributed by atoms with E-state index < -0.39 is 5.41 Å². The second kappa shape index (κ2) is 5.25. The number of amides is 1. The van der Waals surface area contributed by atoms with Crippen LogP contribution >= 0.6 is 0 Å². The fraction of sp³-hybridized carbons (Fsp3) is 0.333. The number of rotatable bonds is 1. The molecule has 1 aromatic heterocycles. The number of hydrogen-bond donors (Lipinski definition) is 1. The van der Waals surface area contributed by atoms with E-state index in [4.69, 9.17) is 0 Å². The molecule has 0 unspecified atom stereocenters. The summed E-state index contributed by atoms with van der Waals surface area (Å²) in [5.74, 6) is 0.949. The Morgan fingerprint density at radius 1 is 1.35 bits per heavy atom. The van der Waals surface area contributed by atoms with Crippen molar-refractivity contribution in [3.05, 3.63) is 64.0 Å². The molecule has 0 saturated heterocycles. The van der Waals surface area contributed by atoms with Crippen LogP contribution < -0.4 is 5.32 Å². The minimum absolute atomic E-state index is 0.0381. The zero-order valence-electron chi connectivity index (χ0n) is 14.5. The number of carbonyl (C=O) groups is 1. The molecule has 1 aromatic carbocycles. The molecular formula is C21H18N4O. The summed E-state index contributed by atoms with van der Waals surface area (Å²) in [7, 11) is 1.67. The number of nitrogens with one attached hydrogen (secondary N) is 1. The van der Waals surface area contributed by atoms with Crippen LogP contribution in [0.5, 0.6) is 0 Å². The number of hydrogen-bond acceptors (Lipinski definition) is 4. The molecular weight excluding hydrogens is 324 g/mol. The molecule has 5 nitrogen and oxygen atoms in total. The fourth-order valence-electron chi connectivity index (χ4n) is 4.56. The molecule has 0 radical (unpaired) electrons. The first-order valence-corrected chi connectivity index (χ1v) is 9.00. The first-order chi connectivity index (χ1) is 12.7. The van der Waals surface area contributed by atoms with Gasteiger partial charge in [0, 0.05) is 24.5 Å². The Hall–Kier alpha value is -3.00. The van der Waals surface area contributed by atoms with Gasteiger partial charge in [0.2, 0.25) is 5.91 Å². The normalized spacial score (nSPS) is 24.9. The van der Waals surface area contributed by atoms with Crippen molar-refractivity contribution in [1.82, 2.24) is 10.3 Å². The second-order valence-corrected chi connectivity index (χ2v) is 7.30. The highest BCUT2D eigenvalue weighted by molar-refractivity contribution is 6.17. The van der Waals surface area contributed by atoms with Crippen molar-refractivity contribution in [2.24, 2.45) is 4.99 Å². The third kappa shape index (κ3) is 1.87. The molecule has 1 N–H and O–H groups in total. The van der Waals surface area contributed by atoms with Crippen LogP contribution in [0.25, 0.3) is 0 Å². The Kier molecular flexibility index (Phi) is 3.08. The number of nitrogens with zero attached hydrogens (tertiary/aromatic N) is 3. The van der Waals surface area contributed by atoms with Crippen molar-refractivity contribution in [1.29, 1.82) is 5.26 Å². The molecule has 2 aliphatic carbocycles. The van der Waals surface area contributed by atoms with Gasteiger partial charge in [-0.3, -0.25) is 14.8 Å². The van der Waals surface area contributed by atoms with E-state index in [1.807, 2.05) is 18.2 Å². The van der Waals surface area contributed by atoms with Gasteiger partial charge in [0.15, 0.2) is 0 Å². The van der Waals surface area contributed by atoms with Gasteiger partial charge in [0.05, 0.1) is 11.6 Å². The Morgan fingerprint density at radius 2 is 2.19 bits per heavy atom. The lowest BCUT2D eigenvalue weighted by molar-refractivity contribution is -0.124. The lowest BCUT2D eigenvalue weighted by Crippen LogP contribution is -2.52. The molecule has 0 bridgehead atoms. The standard InChI is InChI=1S/C21H18N4O/c1-23-19-15-9-13(11-22)14(12-4-5-12)10-17(15)21(20(26)25-19)7-6-18-16(21)3-2-8-24-18/h2-3,8-10,12H,4-7H2,1H3,(H,23,25,26)/t21-/m1/s1. The predicted octanol–water partition coefficient (Wildman–Crippen LogP) is 2.57. The molecule has 1 fully saturated rings. The maximum atomic E-state index is 13.3. The number of aryl methyl sites for hydroxylation is 1. The van der Waals surface area contributed by atoms with Crippen LogP contribution in [0.4, 0.5) is 0 Å². The van der Waals surface area contributed by atoms with E-state index in [2.05, 4.69) is 27.4 Å². The number of aliphatic imine (C=N–C) groups is 1. The van der Waals surface area contributed by atoms with Gasteiger partial charge in [-0.05, 0) is 60.4 Å². The molecule has 1 spiro atoms. The highest BCUT2D eigenvalue weighted by atomic mass is 16.2. The first-order valence-electron chi connectivity index (χ1n) is 9.00. The summed E-state index contributed by atoms with van der Waals surface area (Å²) in [6.45, 7) is 0. The summed E-state index contributed by atoms with van der Waals surface area (Å²) < 4.78 is 0. The molecule has 1 atom stereocenters. The highest BCUT2D eigenvalue weighted by Crippen LogP contribution is 2.49. The van der Waals surface area contributed by atoms with Gasteiger partial charge >= 0.3 is 0 Å². The molecule has 2 heterocycles. The van der Waals surface area contributed by atoms with E-state index in [9.17, 15) is 10.1 Å². The van der Waals surface area contributed by atoms with E-state index in [1.165, 1.54) is 0 Å². The van der Waals surface area contributed by atoms with Gasteiger partial charge in [-0.1, -0.05) is 12.1 Å². The van der Waals surface area contributed by atoms with Gasteiger partial charge < -0.3 is 5.32 Å². The van der Waals surface area contributed by atoms with Crippen molar-refractivity contribution < 1.29 is 4.79 Å². The number of aromatic nitrogens is 1. The molecule has 5 heteroatoms. The maximum Gasteiger partial charge on any atom is 0.240 e. The van der Waals surface area contributed by atoms with Gasteiger partial charge in [0.1, 0.15) is 11.3 Å². The average Bonchev–Trinajstić information content (AvgIpc) is 3.45. The zero-order valence-corrected chi connectivity index (χ0v) is 14.5. The van der Waals surface area contributed by atoms with Crippen LogP contribution in [0.15, 0.2) is 35.5 Å². The monoisotopic (exact) mass is 342 g/mol. The SMILES string of the molecule is CN=C1NC(=O)[C@@]2(CCc3ncccc32)c2cc(C3CC3)c(C#N)cc21. The number of amidine groups is 1. The van der Waals surface area contributed by atoms with Crippen molar-refractivity contribution >= 4 is 11.7 Å². The Morgan fingerprint density at radius 3 is 2.92 bits per heavy atom. The van der Waals surface area contributed by atoms with Crippen LogP contribution in [0.3, 0.4) is 0 Å². The minimum atomic E-state index is -0.731. The van der Waals surface area contributed by atoms with E-state index >= 15 is 0 Å². The van der Waals surface area contributed by atoms with E-state index in [0.717, 1.165) is 47.2 Å². The third-order valence-corrected chi connectivity index (χ3v) is 5.97. The van der Waals surface area contributed by atoms with Crippen LogP contribution in [-0.4, -0.2) is 23.8 Å². The van der Waals surface area contributed by atoms with Crippen LogP contribution in [0.1, 0.15) is 58.7 Å². The minimum Gasteiger partial charge on any atom is -0.309 e. The Bertz CT molecular complexity index is 1030. The summed E-state index contributed by atoms with van der Waals surface area (Å²) in [4.78, 5) is 22.1. The summed E-state index contributed by atoms with van der Waals surface area (Å²) in [6, 6.07) is 10.3. The molecule has 5 rings (SSSR count). The quantitative estimate of drug-likeness (QED) is 0.865. The average molecular weight is 342 g/mol. The first kappa shape index (κ1) is 15.3. The van der Waals surface area contributed by atoms with Crippen molar-refractivity contribution in [2.75, 3.05) is 7.05 Å².